The second kappa shape index (κ2) is 7.60. The molecule has 0 saturated carbocycles. The van der Waals surface area contributed by atoms with E-state index in [1.54, 1.807) is 12.1 Å². The molecule has 1 amide bonds. The molecule has 1 aliphatic rings. The first-order chi connectivity index (χ1) is 10.4. The zero-order valence-electron chi connectivity index (χ0n) is 12.7. The van der Waals surface area contributed by atoms with E-state index in [-0.39, 0.29) is 16.8 Å². The van der Waals surface area contributed by atoms with Gasteiger partial charge in [-0.25, -0.2) is 8.42 Å². The van der Waals surface area contributed by atoms with Crippen LogP contribution >= 0.6 is 0 Å². The first kappa shape index (κ1) is 16.8. The number of carbonyl (C=O) groups excluding carboxylic acids is 1. The van der Waals surface area contributed by atoms with Crippen LogP contribution in [0.3, 0.4) is 0 Å². The van der Waals surface area contributed by atoms with Gasteiger partial charge in [0, 0.05) is 25.3 Å². The molecule has 0 aromatic heterocycles. The Morgan fingerprint density at radius 2 is 2.09 bits per heavy atom. The number of benzene rings is 1. The van der Waals surface area contributed by atoms with Gasteiger partial charge >= 0.3 is 0 Å². The van der Waals surface area contributed by atoms with Crippen molar-refractivity contribution in [3.05, 3.63) is 24.3 Å². The van der Waals surface area contributed by atoms with Gasteiger partial charge in [-0.05, 0) is 43.7 Å². The Hall–Kier alpha value is -1.60. The number of sulfone groups is 1. The molecule has 0 spiro atoms. The summed E-state index contributed by atoms with van der Waals surface area (Å²) in [5.74, 6) is 0.650. The zero-order chi connectivity index (χ0) is 16.0. The molecule has 0 radical (unpaired) electrons. The molecule has 1 heterocycles. The van der Waals surface area contributed by atoms with Gasteiger partial charge in [-0.2, -0.15) is 0 Å². The lowest BCUT2D eigenvalue weighted by atomic mass is 10.2. The van der Waals surface area contributed by atoms with Crippen molar-refractivity contribution < 1.29 is 17.9 Å². The van der Waals surface area contributed by atoms with Gasteiger partial charge in [0.2, 0.25) is 5.91 Å². The highest BCUT2D eigenvalue weighted by atomic mass is 32.2. The van der Waals surface area contributed by atoms with E-state index < -0.39 is 9.84 Å². The third kappa shape index (κ3) is 5.31. The molecule has 6 nitrogen and oxygen atoms in total. The monoisotopic (exact) mass is 326 g/mol. The maximum atomic E-state index is 11.7. The minimum Gasteiger partial charge on any atom is -0.494 e. The summed E-state index contributed by atoms with van der Waals surface area (Å²) >= 11 is 0. The Kier molecular flexibility index (Phi) is 5.79. The topological polar surface area (TPSA) is 84.5 Å². The molecule has 1 saturated heterocycles. The summed E-state index contributed by atoms with van der Waals surface area (Å²) in [5, 5.41) is 6.18. The summed E-state index contributed by atoms with van der Waals surface area (Å²) in [5.41, 5.74) is 0. The average molecular weight is 326 g/mol. The lowest BCUT2D eigenvalue weighted by Gasteiger charge is -2.11. The fraction of sp³-hybridized carbons (Fsp3) is 0.533. The first-order valence-electron chi connectivity index (χ1n) is 7.38. The van der Waals surface area contributed by atoms with Crippen molar-refractivity contribution >= 4 is 15.7 Å². The molecule has 2 rings (SSSR count). The van der Waals surface area contributed by atoms with E-state index in [1.807, 2.05) is 0 Å². The van der Waals surface area contributed by atoms with Crippen LogP contribution < -0.4 is 15.4 Å². The summed E-state index contributed by atoms with van der Waals surface area (Å²) in [6.45, 7) is 2.22. The number of ether oxygens (including phenoxy) is 1. The number of carbonyl (C=O) groups is 1. The van der Waals surface area contributed by atoms with Gasteiger partial charge in [-0.1, -0.05) is 0 Å². The van der Waals surface area contributed by atoms with Crippen LogP contribution in [0.25, 0.3) is 0 Å². The highest BCUT2D eigenvalue weighted by molar-refractivity contribution is 7.90. The van der Waals surface area contributed by atoms with Gasteiger partial charge in [-0.3, -0.25) is 4.79 Å². The molecule has 22 heavy (non-hydrogen) atoms. The second-order valence-electron chi connectivity index (χ2n) is 5.45. The van der Waals surface area contributed by atoms with E-state index in [0.29, 0.717) is 25.2 Å². The summed E-state index contributed by atoms with van der Waals surface area (Å²) in [6, 6.07) is 6.54. The molecule has 0 bridgehead atoms. The van der Waals surface area contributed by atoms with Crippen LogP contribution in [0, 0.1) is 0 Å². The van der Waals surface area contributed by atoms with E-state index in [2.05, 4.69) is 10.6 Å². The van der Waals surface area contributed by atoms with Crippen LogP contribution in [0.5, 0.6) is 5.75 Å². The Morgan fingerprint density at radius 1 is 1.36 bits per heavy atom. The highest BCUT2D eigenvalue weighted by Crippen LogP contribution is 2.16. The van der Waals surface area contributed by atoms with Gasteiger partial charge in [0.05, 0.1) is 11.5 Å². The van der Waals surface area contributed by atoms with Crippen molar-refractivity contribution in [1.29, 1.82) is 0 Å². The molecule has 0 aliphatic carbocycles. The molecule has 7 heteroatoms. The van der Waals surface area contributed by atoms with Crippen LogP contribution in [-0.4, -0.2) is 46.3 Å². The molecule has 1 fully saturated rings. The lowest BCUT2D eigenvalue weighted by molar-refractivity contribution is -0.121. The van der Waals surface area contributed by atoms with E-state index >= 15 is 0 Å². The quantitative estimate of drug-likeness (QED) is 0.722. The normalized spacial score (nSPS) is 18.1. The second-order valence-corrected chi connectivity index (χ2v) is 7.47. The SMILES string of the molecule is CS(=O)(=O)c1ccc(OCCCC(=O)NC2CCNC2)cc1. The smallest absolute Gasteiger partial charge is 0.220 e. The van der Waals surface area contributed by atoms with Crippen molar-refractivity contribution in [3.63, 3.8) is 0 Å². The number of nitrogens with one attached hydrogen (secondary N) is 2. The molecule has 2 N–H and O–H groups in total. The Bertz CT molecular complexity index is 592. The molecule has 1 atom stereocenters. The predicted molar refractivity (Wildman–Crippen MR) is 83.7 cm³/mol. The van der Waals surface area contributed by atoms with E-state index in [4.69, 9.17) is 4.74 Å². The summed E-state index contributed by atoms with van der Waals surface area (Å²) in [4.78, 5) is 12.0. The molecule has 1 aromatic carbocycles. The zero-order valence-corrected chi connectivity index (χ0v) is 13.5. The van der Waals surface area contributed by atoms with E-state index in [9.17, 15) is 13.2 Å². The third-order valence-corrected chi connectivity index (χ3v) is 4.62. The number of hydrogen-bond donors (Lipinski definition) is 2. The highest BCUT2D eigenvalue weighted by Gasteiger charge is 2.16. The van der Waals surface area contributed by atoms with Gasteiger partial charge in [0.25, 0.3) is 0 Å². The van der Waals surface area contributed by atoms with Crippen molar-refractivity contribution in [2.75, 3.05) is 26.0 Å². The Balaban J connectivity index is 1.67. The summed E-state index contributed by atoms with van der Waals surface area (Å²) in [7, 11) is -3.18. The van der Waals surface area contributed by atoms with Gasteiger partial charge < -0.3 is 15.4 Å². The maximum Gasteiger partial charge on any atom is 0.220 e. The van der Waals surface area contributed by atoms with Crippen LogP contribution in [0.15, 0.2) is 29.2 Å². The number of amides is 1. The Morgan fingerprint density at radius 3 is 2.68 bits per heavy atom. The Labute approximate surface area is 131 Å². The van der Waals surface area contributed by atoms with Crippen molar-refractivity contribution in [2.24, 2.45) is 0 Å². The molecule has 1 aromatic rings. The van der Waals surface area contributed by atoms with Crippen LogP contribution in [0.4, 0.5) is 0 Å². The lowest BCUT2D eigenvalue weighted by Crippen LogP contribution is -2.36. The molecule has 1 aliphatic heterocycles. The standard InChI is InChI=1S/C15H22N2O4S/c1-22(19,20)14-6-4-13(5-7-14)21-10-2-3-15(18)17-12-8-9-16-11-12/h4-7,12,16H,2-3,8-11H2,1H3,(H,17,18). The van der Waals surface area contributed by atoms with Crippen LogP contribution in [0.2, 0.25) is 0 Å². The average Bonchev–Trinajstić information content (AvgIpc) is 2.96. The van der Waals surface area contributed by atoms with Crippen LogP contribution in [0.1, 0.15) is 19.3 Å². The fourth-order valence-corrected chi connectivity index (χ4v) is 2.91. The van der Waals surface area contributed by atoms with Crippen molar-refractivity contribution in [2.45, 2.75) is 30.2 Å². The summed E-state index contributed by atoms with van der Waals surface area (Å²) < 4.78 is 28.2. The number of hydrogen-bond acceptors (Lipinski definition) is 5. The van der Waals surface area contributed by atoms with E-state index in [0.717, 1.165) is 19.5 Å². The number of rotatable bonds is 7. The predicted octanol–water partition coefficient (Wildman–Crippen LogP) is 0.727. The van der Waals surface area contributed by atoms with Crippen molar-refractivity contribution in [1.82, 2.24) is 10.6 Å². The molecular formula is C15H22N2O4S. The third-order valence-electron chi connectivity index (χ3n) is 3.49. The maximum absolute atomic E-state index is 11.7. The largest absolute Gasteiger partial charge is 0.494 e. The summed E-state index contributed by atoms with van der Waals surface area (Å²) in [6.07, 6.45) is 3.20. The van der Waals surface area contributed by atoms with Gasteiger partial charge in [0.15, 0.2) is 9.84 Å². The molecule has 122 valence electrons. The van der Waals surface area contributed by atoms with Gasteiger partial charge in [0.1, 0.15) is 5.75 Å². The van der Waals surface area contributed by atoms with Crippen LogP contribution in [-0.2, 0) is 14.6 Å². The molecular weight excluding hydrogens is 304 g/mol. The first-order valence-corrected chi connectivity index (χ1v) is 9.27. The fourth-order valence-electron chi connectivity index (χ4n) is 2.28. The molecule has 1 unspecified atom stereocenters. The minimum atomic E-state index is -3.18. The van der Waals surface area contributed by atoms with Gasteiger partial charge in [-0.15, -0.1) is 0 Å². The minimum absolute atomic E-state index is 0.0460. The van der Waals surface area contributed by atoms with Crippen molar-refractivity contribution in [3.8, 4) is 5.75 Å². The van der Waals surface area contributed by atoms with E-state index in [1.165, 1.54) is 18.4 Å².